The monoisotopic (exact) mass is 352 g/mol. The van der Waals surface area contributed by atoms with Crippen molar-refractivity contribution in [2.24, 2.45) is 0 Å². The van der Waals surface area contributed by atoms with E-state index in [9.17, 15) is 9.50 Å². The minimum absolute atomic E-state index is 0.201. The van der Waals surface area contributed by atoms with Crippen molar-refractivity contribution >= 4 is 11.6 Å². The Kier molecular flexibility index (Phi) is 4.90. The number of hydrogen-bond acceptors (Lipinski definition) is 4. The highest BCUT2D eigenvalue weighted by atomic mass is 35.5. The molecule has 1 aromatic heterocycles. The van der Waals surface area contributed by atoms with Gasteiger partial charge >= 0.3 is 0 Å². The van der Waals surface area contributed by atoms with Crippen LogP contribution in [0.3, 0.4) is 0 Å². The summed E-state index contributed by atoms with van der Waals surface area (Å²) < 4.78 is 14.9. The van der Waals surface area contributed by atoms with Gasteiger partial charge in [0.2, 0.25) is 0 Å². The zero-order chi connectivity index (χ0) is 17.3. The number of aromatic nitrogens is 3. The van der Waals surface area contributed by atoms with E-state index < -0.39 is 5.60 Å². The zero-order valence-corrected chi connectivity index (χ0v) is 14.7. The molecule has 0 radical (unpaired) electrons. The smallest absolute Gasteiger partial charge is 0.124 e. The molecule has 7 heteroatoms. The SMILES string of the molecule is CC(C)n1cc([C@@]2(O)CCCN(Cc3ccc(F)cc3Cl)C2)nn1. The maximum atomic E-state index is 13.2. The number of aliphatic hydroxyl groups is 1. The summed E-state index contributed by atoms with van der Waals surface area (Å²) in [5, 5.41) is 19.7. The van der Waals surface area contributed by atoms with Crippen LogP contribution in [0.4, 0.5) is 4.39 Å². The summed E-state index contributed by atoms with van der Waals surface area (Å²) in [6.07, 6.45) is 3.32. The number of β-amino-alcohol motifs (C(OH)–C–C–N with tert-alkyl or cyclic N) is 1. The van der Waals surface area contributed by atoms with E-state index in [1.807, 2.05) is 20.0 Å². The highest BCUT2D eigenvalue weighted by molar-refractivity contribution is 6.31. The van der Waals surface area contributed by atoms with E-state index in [0.29, 0.717) is 30.2 Å². The lowest BCUT2D eigenvalue weighted by Gasteiger charge is -2.38. The predicted octanol–water partition coefficient (Wildman–Crippen LogP) is 3.14. The first-order chi connectivity index (χ1) is 11.4. The molecule has 3 rings (SSSR count). The molecule has 130 valence electrons. The van der Waals surface area contributed by atoms with E-state index >= 15 is 0 Å². The Bertz CT molecular complexity index is 720. The number of piperidine rings is 1. The molecular weight excluding hydrogens is 331 g/mol. The normalized spacial score (nSPS) is 22.2. The van der Waals surface area contributed by atoms with E-state index in [4.69, 9.17) is 11.6 Å². The lowest BCUT2D eigenvalue weighted by Crippen LogP contribution is -2.46. The molecule has 1 aromatic carbocycles. The quantitative estimate of drug-likeness (QED) is 0.918. The van der Waals surface area contributed by atoms with Gasteiger partial charge in [-0.1, -0.05) is 22.9 Å². The summed E-state index contributed by atoms with van der Waals surface area (Å²) >= 11 is 6.12. The Morgan fingerprint density at radius 1 is 1.42 bits per heavy atom. The third kappa shape index (κ3) is 3.61. The number of halogens is 2. The molecule has 1 aliphatic heterocycles. The summed E-state index contributed by atoms with van der Waals surface area (Å²) in [5.74, 6) is -0.343. The van der Waals surface area contributed by atoms with E-state index in [2.05, 4.69) is 15.2 Å². The van der Waals surface area contributed by atoms with Crippen molar-refractivity contribution in [3.8, 4) is 0 Å². The van der Waals surface area contributed by atoms with Gasteiger partial charge in [-0.25, -0.2) is 9.07 Å². The average molecular weight is 353 g/mol. The Morgan fingerprint density at radius 2 is 2.21 bits per heavy atom. The van der Waals surface area contributed by atoms with Crippen LogP contribution in [0.2, 0.25) is 5.02 Å². The third-order valence-corrected chi connectivity index (χ3v) is 4.83. The molecule has 1 saturated heterocycles. The van der Waals surface area contributed by atoms with Crippen LogP contribution >= 0.6 is 11.6 Å². The molecule has 0 unspecified atom stereocenters. The van der Waals surface area contributed by atoms with Crippen molar-refractivity contribution in [1.29, 1.82) is 0 Å². The van der Waals surface area contributed by atoms with Gasteiger partial charge in [-0.2, -0.15) is 0 Å². The van der Waals surface area contributed by atoms with Crippen LogP contribution in [-0.2, 0) is 12.1 Å². The summed E-state index contributed by atoms with van der Waals surface area (Å²) in [4.78, 5) is 2.12. The van der Waals surface area contributed by atoms with Crippen molar-refractivity contribution in [1.82, 2.24) is 19.9 Å². The topological polar surface area (TPSA) is 54.2 Å². The molecule has 0 spiro atoms. The molecule has 0 amide bonds. The number of benzene rings is 1. The summed E-state index contributed by atoms with van der Waals surface area (Å²) in [6, 6.07) is 4.63. The number of hydrogen-bond donors (Lipinski definition) is 1. The first-order valence-corrected chi connectivity index (χ1v) is 8.56. The van der Waals surface area contributed by atoms with Crippen LogP contribution in [-0.4, -0.2) is 38.1 Å². The molecular formula is C17H22ClFN4O. The highest BCUT2D eigenvalue weighted by Crippen LogP contribution is 2.32. The fourth-order valence-corrected chi connectivity index (χ4v) is 3.33. The molecule has 1 atom stereocenters. The van der Waals surface area contributed by atoms with Gasteiger partial charge < -0.3 is 5.11 Å². The first kappa shape index (κ1) is 17.3. The lowest BCUT2D eigenvalue weighted by atomic mass is 9.89. The van der Waals surface area contributed by atoms with Gasteiger partial charge in [-0.3, -0.25) is 4.90 Å². The molecule has 5 nitrogen and oxygen atoms in total. The van der Waals surface area contributed by atoms with Gasteiger partial charge in [-0.05, 0) is 50.9 Å². The van der Waals surface area contributed by atoms with Crippen LogP contribution in [0.5, 0.6) is 0 Å². The third-order valence-electron chi connectivity index (χ3n) is 4.48. The van der Waals surface area contributed by atoms with Gasteiger partial charge in [0.25, 0.3) is 0 Å². The van der Waals surface area contributed by atoms with Gasteiger partial charge in [0, 0.05) is 24.2 Å². The maximum Gasteiger partial charge on any atom is 0.124 e. The van der Waals surface area contributed by atoms with Gasteiger partial charge in [0.15, 0.2) is 0 Å². The van der Waals surface area contributed by atoms with E-state index in [-0.39, 0.29) is 11.9 Å². The van der Waals surface area contributed by atoms with Crippen LogP contribution in [0.25, 0.3) is 0 Å². The summed E-state index contributed by atoms with van der Waals surface area (Å²) in [6.45, 7) is 5.92. The summed E-state index contributed by atoms with van der Waals surface area (Å²) in [7, 11) is 0. The van der Waals surface area contributed by atoms with Crippen LogP contribution in [0.1, 0.15) is 44.0 Å². The molecule has 2 aromatic rings. The van der Waals surface area contributed by atoms with Crippen molar-refractivity contribution < 1.29 is 9.50 Å². The zero-order valence-electron chi connectivity index (χ0n) is 13.9. The fourth-order valence-electron chi connectivity index (χ4n) is 3.10. The number of likely N-dealkylation sites (tertiary alicyclic amines) is 1. The Balaban J connectivity index is 1.75. The van der Waals surface area contributed by atoms with Gasteiger partial charge in [0.05, 0.1) is 6.20 Å². The van der Waals surface area contributed by atoms with Crippen molar-refractivity contribution in [3.05, 3.63) is 46.5 Å². The second-order valence-electron chi connectivity index (χ2n) is 6.76. The average Bonchev–Trinajstić information content (AvgIpc) is 3.01. The first-order valence-electron chi connectivity index (χ1n) is 8.18. The molecule has 0 bridgehead atoms. The minimum Gasteiger partial charge on any atom is -0.382 e. The fraction of sp³-hybridized carbons (Fsp3) is 0.529. The van der Waals surface area contributed by atoms with Crippen molar-refractivity contribution in [3.63, 3.8) is 0 Å². The maximum absolute atomic E-state index is 13.2. The molecule has 1 N–H and O–H groups in total. The largest absolute Gasteiger partial charge is 0.382 e. The second-order valence-corrected chi connectivity index (χ2v) is 7.17. The summed E-state index contributed by atoms with van der Waals surface area (Å²) in [5.41, 5.74) is 0.442. The standard InChI is InChI=1S/C17H22ClFN4O/c1-12(2)23-10-16(20-21-23)17(24)6-3-7-22(11-17)9-13-4-5-14(19)8-15(13)18/h4-5,8,10,12,24H,3,6-7,9,11H2,1-2H3/t17-/m1/s1. The molecule has 1 aliphatic rings. The van der Waals surface area contributed by atoms with Crippen LogP contribution in [0, 0.1) is 5.82 Å². The van der Waals surface area contributed by atoms with Crippen LogP contribution < -0.4 is 0 Å². The number of nitrogens with zero attached hydrogens (tertiary/aromatic N) is 4. The molecule has 24 heavy (non-hydrogen) atoms. The van der Waals surface area contributed by atoms with E-state index in [1.165, 1.54) is 12.1 Å². The molecule has 0 aliphatic carbocycles. The second kappa shape index (κ2) is 6.78. The molecule has 2 heterocycles. The highest BCUT2D eigenvalue weighted by Gasteiger charge is 2.37. The molecule has 0 saturated carbocycles. The minimum atomic E-state index is -1.02. The van der Waals surface area contributed by atoms with Crippen LogP contribution in [0.15, 0.2) is 24.4 Å². The van der Waals surface area contributed by atoms with E-state index in [1.54, 1.807) is 10.7 Å². The van der Waals surface area contributed by atoms with Crippen molar-refractivity contribution in [2.75, 3.05) is 13.1 Å². The number of rotatable bonds is 4. The van der Waals surface area contributed by atoms with E-state index in [0.717, 1.165) is 18.5 Å². The van der Waals surface area contributed by atoms with Gasteiger partial charge in [0.1, 0.15) is 17.1 Å². The Morgan fingerprint density at radius 3 is 2.88 bits per heavy atom. The Labute approximate surface area is 146 Å². The van der Waals surface area contributed by atoms with Gasteiger partial charge in [-0.15, -0.1) is 5.10 Å². The predicted molar refractivity (Wildman–Crippen MR) is 90.2 cm³/mol. The molecule has 1 fully saturated rings. The van der Waals surface area contributed by atoms with Crippen molar-refractivity contribution in [2.45, 2.75) is 44.9 Å². The Hall–Kier alpha value is -1.50. The lowest BCUT2D eigenvalue weighted by molar-refractivity contribution is -0.0414.